The summed E-state index contributed by atoms with van der Waals surface area (Å²) < 4.78 is 17.7. The molecule has 0 saturated heterocycles. The molecule has 9 heteroatoms. The molecule has 3 aliphatic carbocycles. The molecular weight excluding hydrogens is 584 g/mol. The van der Waals surface area contributed by atoms with Gasteiger partial charge in [0.15, 0.2) is 28.1 Å². The molecule has 3 N–H and O–H groups in total. The number of benzene rings is 5. The average Bonchev–Trinajstić information content (AvgIpc) is 3.11. The zero-order valence-corrected chi connectivity index (χ0v) is 26.6. The lowest BCUT2D eigenvalue weighted by atomic mass is 9.80. The van der Waals surface area contributed by atoms with Crippen molar-refractivity contribution in [3.05, 3.63) is 49.3 Å². The summed E-state index contributed by atoms with van der Waals surface area (Å²) in [6.45, 7) is 4.03. The predicted molar refractivity (Wildman–Crippen MR) is 183 cm³/mol. The fourth-order valence-corrected chi connectivity index (χ4v) is 8.06. The molecule has 2 saturated carbocycles. The number of anilines is 1. The molecule has 9 nitrogen and oxygen atoms in total. The molecule has 8 rings (SSSR count). The zero-order chi connectivity index (χ0) is 32.2. The van der Waals surface area contributed by atoms with E-state index in [0.29, 0.717) is 49.1 Å². The Morgan fingerprint density at radius 2 is 1.37 bits per heavy atom. The molecule has 3 aliphatic rings. The minimum atomic E-state index is -0.424. The maximum atomic E-state index is 13.9. The van der Waals surface area contributed by atoms with Gasteiger partial charge in [0.2, 0.25) is 0 Å². The van der Waals surface area contributed by atoms with Crippen molar-refractivity contribution in [2.24, 2.45) is 4.99 Å². The summed E-state index contributed by atoms with van der Waals surface area (Å²) in [5.74, 6) is -0.0558. The minimum Gasteiger partial charge on any atom is -0.505 e. The predicted octanol–water partition coefficient (Wildman–Crippen LogP) is 6.81. The first-order valence-corrected chi connectivity index (χ1v) is 15.9. The molecular formula is C37H36N2O7. The van der Waals surface area contributed by atoms with E-state index < -0.39 is 11.3 Å². The van der Waals surface area contributed by atoms with Crippen molar-refractivity contribution in [2.75, 3.05) is 26.6 Å². The highest BCUT2D eigenvalue weighted by atomic mass is 16.5. The van der Waals surface area contributed by atoms with Crippen LogP contribution < -0.4 is 30.4 Å². The van der Waals surface area contributed by atoms with E-state index in [1.807, 2.05) is 13.8 Å². The quantitative estimate of drug-likeness (QED) is 0.0784. The summed E-state index contributed by atoms with van der Waals surface area (Å²) in [6.07, 6.45) is 8.20. The van der Waals surface area contributed by atoms with E-state index in [-0.39, 0.29) is 57.0 Å². The van der Waals surface area contributed by atoms with Gasteiger partial charge in [-0.25, -0.2) is 0 Å². The Morgan fingerprint density at radius 3 is 1.89 bits per heavy atom. The van der Waals surface area contributed by atoms with Crippen molar-refractivity contribution in [1.82, 2.24) is 0 Å². The maximum absolute atomic E-state index is 13.9. The lowest BCUT2D eigenvalue weighted by Gasteiger charge is -2.30. The number of allylic oxidation sites excluding steroid dienone is 1. The number of hydrogen-bond acceptors (Lipinski definition) is 9. The molecule has 0 radical (unpaired) electrons. The summed E-state index contributed by atoms with van der Waals surface area (Å²) in [5, 5.41) is 31.2. The number of phenolic OH excluding ortho intramolecular Hbond substituents is 2. The van der Waals surface area contributed by atoms with Crippen LogP contribution in [-0.4, -0.2) is 49.3 Å². The van der Waals surface area contributed by atoms with Crippen molar-refractivity contribution >= 4 is 60.6 Å². The summed E-state index contributed by atoms with van der Waals surface area (Å²) >= 11 is 0. The highest BCUT2D eigenvalue weighted by molar-refractivity contribution is 6.40. The van der Waals surface area contributed by atoms with Gasteiger partial charge in [0.05, 0.1) is 37.8 Å². The molecule has 46 heavy (non-hydrogen) atoms. The number of aromatic hydroxyl groups is 2. The number of nitrogens with one attached hydrogen (secondary N) is 1. The summed E-state index contributed by atoms with van der Waals surface area (Å²) in [7, 11) is 4.46. The Kier molecular flexibility index (Phi) is 6.30. The number of methoxy groups -OCH3 is 3. The third-order valence-corrected chi connectivity index (χ3v) is 10.6. The van der Waals surface area contributed by atoms with Gasteiger partial charge >= 0.3 is 0 Å². The fraction of sp³-hybridized carbons (Fsp3) is 0.378. The summed E-state index contributed by atoms with van der Waals surface area (Å²) in [6, 6.07) is 3.09. The molecule has 0 aromatic heterocycles. The highest BCUT2D eigenvalue weighted by Gasteiger charge is 2.37. The molecule has 1 unspecified atom stereocenters. The van der Waals surface area contributed by atoms with Gasteiger partial charge in [-0.15, -0.1) is 0 Å². The van der Waals surface area contributed by atoms with Crippen LogP contribution in [0.3, 0.4) is 0 Å². The number of aliphatic imine (C=N–C) groups is 1. The van der Waals surface area contributed by atoms with E-state index in [9.17, 15) is 19.8 Å². The molecule has 0 aliphatic heterocycles. The molecule has 1 atom stereocenters. The standard InChI is InChI=1S/C37H36N2O7/c1-15-12-19-25-30-26(35(42)34(19)39-18-10-7-11-18)20(40)13-22(44-3)28(30)29-23(45-4)14-21(41)27-32(29)31(25)33(37(46-5)36(27)43)24(15)16(2)38-17-8-6-9-17/h12-14,17-18,24,39,42-43H,6-11H2,1-5H3. The van der Waals surface area contributed by atoms with Gasteiger partial charge in [-0.2, -0.15) is 0 Å². The molecule has 236 valence electrons. The third-order valence-electron chi connectivity index (χ3n) is 10.6. The lowest BCUT2D eigenvalue weighted by Crippen LogP contribution is -2.27. The van der Waals surface area contributed by atoms with Gasteiger partial charge in [0.1, 0.15) is 11.5 Å². The Balaban J connectivity index is 1.73. The first-order valence-electron chi connectivity index (χ1n) is 15.9. The van der Waals surface area contributed by atoms with Crippen LogP contribution in [0.4, 0.5) is 5.69 Å². The SMILES string of the molecule is COc1c(O)c2c(=O)cc(OC)c3c4c(OC)cc(=O)c5c(O)c(NC6CCC6)c6c(c(c1C(C(C)=NC1CCC1)C(C)=C6)c23)c54. The van der Waals surface area contributed by atoms with E-state index in [0.717, 1.165) is 49.8 Å². The van der Waals surface area contributed by atoms with Gasteiger partial charge in [-0.3, -0.25) is 14.6 Å². The molecule has 0 amide bonds. The van der Waals surface area contributed by atoms with Crippen molar-refractivity contribution in [3.8, 4) is 28.7 Å². The van der Waals surface area contributed by atoms with Crippen LogP contribution in [0.15, 0.2) is 32.3 Å². The molecule has 0 bridgehead atoms. The number of nitrogens with zero attached hydrogens (tertiary/aromatic N) is 1. The van der Waals surface area contributed by atoms with Crippen LogP contribution in [0, 0.1) is 0 Å². The molecule has 2 fully saturated rings. The second kappa shape index (κ2) is 10.1. The van der Waals surface area contributed by atoms with Crippen LogP contribution in [0.5, 0.6) is 28.7 Å². The summed E-state index contributed by atoms with van der Waals surface area (Å²) in [4.78, 5) is 32.9. The Labute approximate surface area is 264 Å². The maximum Gasteiger partial charge on any atom is 0.194 e. The highest BCUT2D eigenvalue weighted by Crippen LogP contribution is 2.58. The topological polar surface area (TPSA) is 127 Å². The third kappa shape index (κ3) is 3.65. The molecule has 5 aromatic carbocycles. The number of phenols is 2. The first-order chi connectivity index (χ1) is 22.2. The van der Waals surface area contributed by atoms with E-state index in [4.69, 9.17) is 19.2 Å². The number of fused-ring (bicyclic) bond motifs is 1. The largest absolute Gasteiger partial charge is 0.505 e. The number of rotatable bonds is 7. The van der Waals surface area contributed by atoms with Crippen molar-refractivity contribution in [2.45, 2.75) is 70.4 Å². The van der Waals surface area contributed by atoms with Gasteiger partial charge < -0.3 is 29.7 Å². The van der Waals surface area contributed by atoms with Crippen molar-refractivity contribution in [1.29, 1.82) is 0 Å². The van der Waals surface area contributed by atoms with Crippen molar-refractivity contribution in [3.63, 3.8) is 0 Å². The second-order valence-electron chi connectivity index (χ2n) is 13.0. The van der Waals surface area contributed by atoms with Crippen LogP contribution in [0.2, 0.25) is 0 Å². The van der Waals surface area contributed by atoms with E-state index in [2.05, 4.69) is 11.4 Å². The van der Waals surface area contributed by atoms with E-state index in [1.165, 1.54) is 33.5 Å². The van der Waals surface area contributed by atoms with Crippen molar-refractivity contribution < 1.29 is 24.4 Å². The first kappa shape index (κ1) is 28.7. The lowest BCUT2D eigenvalue weighted by molar-refractivity contribution is 0.372. The second-order valence-corrected chi connectivity index (χ2v) is 13.0. The van der Waals surface area contributed by atoms with E-state index in [1.54, 1.807) is 0 Å². The summed E-state index contributed by atoms with van der Waals surface area (Å²) in [5.41, 5.74) is 2.83. The monoisotopic (exact) mass is 620 g/mol. The normalized spacial score (nSPS) is 18.7. The van der Waals surface area contributed by atoms with E-state index >= 15 is 0 Å². The minimum absolute atomic E-state index is 0.0952. The Morgan fingerprint density at radius 1 is 0.783 bits per heavy atom. The van der Waals surface area contributed by atoms with Crippen LogP contribution >= 0.6 is 0 Å². The number of ether oxygens (including phenoxy) is 3. The zero-order valence-electron chi connectivity index (χ0n) is 26.6. The van der Waals surface area contributed by atoms with Gasteiger partial charge in [0.25, 0.3) is 0 Å². The van der Waals surface area contributed by atoms with Gasteiger partial charge in [-0.1, -0.05) is 11.6 Å². The van der Waals surface area contributed by atoms with Crippen LogP contribution in [-0.2, 0) is 0 Å². The molecule has 0 heterocycles. The van der Waals surface area contributed by atoms with Crippen LogP contribution in [0.1, 0.15) is 69.4 Å². The van der Waals surface area contributed by atoms with Gasteiger partial charge in [-0.05, 0) is 57.8 Å². The molecule has 5 aromatic rings. The average molecular weight is 621 g/mol. The number of hydrogen-bond donors (Lipinski definition) is 3. The van der Waals surface area contributed by atoms with Crippen LogP contribution in [0.25, 0.3) is 49.2 Å². The van der Waals surface area contributed by atoms with Gasteiger partial charge in [0, 0.05) is 73.9 Å². The fourth-order valence-electron chi connectivity index (χ4n) is 8.06. The Hall–Kier alpha value is -4.79. The molecule has 0 spiro atoms. The Bertz CT molecular complexity index is 2300. The smallest absolute Gasteiger partial charge is 0.194 e.